The van der Waals surface area contributed by atoms with E-state index in [1.165, 1.54) is 21.0 Å². The van der Waals surface area contributed by atoms with Gasteiger partial charge in [0, 0.05) is 13.6 Å². The van der Waals surface area contributed by atoms with Gasteiger partial charge in [-0.2, -0.15) is 4.80 Å². The molecule has 2 rings (SSSR count). The van der Waals surface area contributed by atoms with Gasteiger partial charge in [0.15, 0.2) is 0 Å². The van der Waals surface area contributed by atoms with Crippen LogP contribution in [0.15, 0.2) is 17.5 Å². The lowest BCUT2D eigenvalue weighted by atomic mass is 10.1. The lowest BCUT2D eigenvalue weighted by molar-refractivity contribution is -0.133. The summed E-state index contributed by atoms with van der Waals surface area (Å²) in [5.74, 6) is 0.334. The van der Waals surface area contributed by atoms with Crippen molar-refractivity contribution < 1.29 is 9.90 Å². The van der Waals surface area contributed by atoms with Crippen LogP contribution in [0.2, 0.25) is 0 Å². The zero-order valence-electron chi connectivity index (χ0n) is 11.6. The molecule has 20 heavy (non-hydrogen) atoms. The largest absolute Gasteiger partial charge is 0.389 e. The summed E-state index contributed by atoms with van der Waals surface area (Å²) in [7, 11) is 1.64. The van der Waals surface area contributed by atoms with Crippen LogP contribution >= 0.6 is 11.3 Å². The van der Waals surface area contributed by atoms with Crippen LogP contribution < -0.4 is 0 Å². The van der Waals surface area contributed by atoms with Gasteiger partial charge in [0.2, 0.25) is 11.7 Å². The van der Waals surface area contributed by atoms with Crippen molar-refractivity contribution in [3.8, 4) is 10.7 Å². The van der Waals surface area contributed by atoms with E-state index in [-0.39, 0.29) is 19.0 Å². The molecular formula is C12H17N5O2S. The number of hydrogen-bond donors (Lipinski definition) is 1. The van der Waals surface area contributed by atoms with Crippen molar-refractivity contribution in [1.29, 1.82) is 0 Å². The van der Waals surface area contributed by atoms with Crippen molar-refractivity contribution in [3.63, 3.8) is 0 Å². The van der Waals surface area contributed by atoms with Crippen molar-refractivity contribution in [3.05, 3.63) is 17.5 Å². The fourth-order valence-corrected chi connectivity index (χ4v) is 2.37. The predicted molar refractivity (Wildman–Crippen MR) is 75.1 cm³/mol. The lowest BCUT2D eigenvalue weighted by Crippen LogP contribution is -2.41. The molecule has 108 valence electrons. The van der Waals surface area contributed by atoms with Gasteiger partial charge in [0.05, 0.1) is 10.5 Å². The van der Waals surface area contributed by atoms with Gasteiger partial charge in [-0.3, -0.25) is 4.79 Å². The molecule has 2 aromatic heterocycles. The summed E-state index contributed by atoms with van der Waals surface area (Å²) in [4.78, 5) is 15.6. The van der Waals surface area contributed by atoms with Gasteiger partial charge in [-0.25, -0.2) is 0 Å². The fourth-order valence-electron chi connectivity index (χ4n) is 1.72. The number of tetrazole rings is 1. The van der Waals surface area contributed by atoms with E-state index < -0.39 is 5.60 Å². The highest BCUT2D eigenvalue weighted by molar-refractivity contribution is 7.13. The molecule has 0 spiro atoms. The highest BCUT2D eigenvalue weighted by Gasteiger charge is 2.20. The Morgan fingerprint density at radius 3 is 2.90 bits per heavy atom. The number of carbonyl (C=O) groups excluding carboxylic acids is 1. The van der Waals surface area contributed by atoms with Crippen LogP contribution in [0.1, 0.15) is 13.8 Å². The first kappa shape index (κ1) is 14.6. The van der Waals surface area contributed by atoms with Crippen molar-refractivity contribution >= 4 is 17.2 Å². The summed E-state index contributed by atoms with van der Waals surface area (Å²) in [6, 6.07) is 3.80. The molecule has 8 heteroatoms. The van der Waals surface area contributed by atoms with Gasteiger partial charge < -0.3 is 10.0 Å². The maximum absolute atomic E-state index is 12.0. The summed E-state index contributed by atoms with van der Waals surface area (Å²) in [5.41, 5.74) is -0.928. The first-order valence-electron chi connectivity index (χ1n) is 6.13. The lowest BCUT2D eigenvalue weighted by Gasteiger charge is -2.25. The number of aromatic nitrogens is 4. The molecule has 0 bridgehead atoms. The molecule has 0 saturated carbocycles. The van der Waals surface area contributed by atoms with Crippen LogP contribution in [-0.4, -0.2) is 55.3 Å². The molecular weight excluding hydrogens is 278 g/mol. The van der Waals surface area contributed by atoms with E-state index in [2.05, 4.69) is 15.4 Å². The van der Waals surface area contributed by atoms with Gasteiger partial charge in [-0.05, 0) is 30.5 Å². The molecule has 0 aliphatic carbocycles. The van der Waals surface area contributed by atoms with E-state index in [1.807, 2.05) is 17.5 Å². The molecule has 2 aromatic rings. The number of hydrogen-bond acceptors (Lipinski definition) is 6. The Morgan fingerprint density at radius 1 is 1.55 bits per heavy atom. The number of likely N-dealkylation sites (N-methyl/N-ethyl adjacent to an activating group) is 1. The second-order valence-corrected chi connectivity index (χ2v) is 6.13. The second-order valence-electron chi connectivity index (χ2n) is 5.18. The molecule has 1 amide bonds. The van der Waals surface area contributed by atoms with Gasteiger partial charge >= 0.3 is 0 Å². The van der Waals surface area contributed by atoms with E-state index in [4.69, 9.17) is 0 Å². The molecule has 1 N–H and O–H groups in total. The molecule has 0 aromatic carbocycles. The monoisotopic (exact) mass is 295 g/mol. The smallest absolute Gasteiger partial charge is 0.246 e. The van der Waals surface area contributed by atoms with E-state index in [0.717, 1.165) is 4.88 Å². The molecule has 0 radical (unpaired) electrons. The maximum atomic E-state index is 12.0. The summed E-state index contributed by atoms with van der Waals surface area (Å²) in [6.07, 6.45) is 0. The summed E-state index contributed by atoms with van der Waals surface area (Å²) < 4.78 is 0. The molecule has 2 heterocycles. The van der Waals surface area contributed by atoms with Gasteiger partial charge in [0.1, 0.15) is 6.54 Å². The van der Waals surface area contributed by atoms with Gasteiger partial charge in [-0.15, -0.1) is 21.5 Å². The molecule has 0 aliphatic heterocycles. The van der Waals surface area contributed by atoms with Crippen LogP contribution in [0.3, 0.4) is 0 Å². The Labute approximate surface area is 120 Å². The molecule has 0 fully saturated rings. The van der Waals surface area contributed by atoms with Crippen LogP contribution in [0, 0.1) is 0 Å². The highest BCUT2D eigenvalue weighted by atomic mass is 32.1. The van der Waals surface area contributed by atoms with E-state index in [1.54, 1.807) is 20.9 Å². The summed E-state index contributed by atoms with van der Waals surface area (Å²) in [5, 5.41) is 23.6. The molecule has 0 aliphatic rings. The number of carbonyl (C=O) groups is 1. The maximum Gasteiger partial charge on any atom is 0.246 e. The van der Waals surface area contributed by atoms with E-state index >= 15 is 0 Å². The van der Waals surface area contributed by atoms with Crippen molar-refractivity contribution in [2.75, 3.05) is 13.6 Å². The van der Waals surface area contributed by atoms with Crippen LogP contribution in [0.5, 0.6) is 0 Å². The van der Waals surface area contributed by atoms with Gasteiger partial charge in [-0.1, -0.05) is 6.07 Å². The summed E-state index contributed by atoms with van der Waals surface area (Å²) >= 11 is 1.52. The van der Waals surface area contributed by atoms with E-state index in [0.29, 0.717) is 5.82 Å². The van der Waals surface area contributed by atoms with Crippen molar-refractivity contribution in [2.24, 2.45) is 0 Å². The first-order valence-corrected chi connectivity index (χ1v) is 7.01. The average molecular weight is 295 g/mol. The van der Waals surface area contributed by atoms with Crippen molar-refractivity contribution in [1.82, 2.24) is 25.1 Å². The van der Waals surface area contributed by atoms with Crippen LogP contribution in [0.25, 0.3) is 10.7 Å². The minimum Gasteiger partial charge on any atom is -0.389 e. The third-order valence-corrected chi connectivity index (χ3v) is 3.39. The van der Waals surface area contributed by atoms with Crippen molar-refractivity contribution in [2.45, 2.75) is 26.0 Å². The number of nitrogens with zero attached hydrogens (tertiary/aromatic N) is 5. The molecule has 0 unspecified atom stereocenters. The normalized spacial score (nSPS) is 11.6. The number of thiophene rings is 1. The summed E-state index contributed by atoms with van der Waals surface area (Å²) in [6.45, 7) is 3.56. The first-order chi connectivity index (χ1) is 9.35. The Balaban J connectivity index is 1.98. The molecule has 0 saturated heterocycles. The number of aliphatic hydroxyl groups is 1. The molecule has 0 atom stereocenters. The third kappa shape index (κ3) is 3.84. The topological polar surface area (TPSA) is 84.1 Å². The minimum absolute atomic E-state index is 0.00492. The Kier molecular flexibility index (Phi) is 4.15. The Hall–Kier alpha value is -1.80. The number of amides is 1. The second kappa shape index (κ2) is 5.68. The third-order valence-electron chi connectivity index (χ3n) is 2.52. The van der Waals surface area contributed by atoms with Crippen LogP contribution in [-0.2, 0) is 11.3 Å². The Morgan fingerprint density at radius 2 is 2.30 bits per heavy atom. The standard InChI is InChI=1S/C12H17N5O2S/c1-12(2,19)8-16(3)10(18)7-17-14-11(13-15-17)9-5-4-6-20-9/h4-6,19H,7-8H2,1-3H3. The average Bonchev–Trinajstić information content (AvgIpc) is 2.95. The highest BCUT2D eigenvalue weighted by Crippen LogP contribution is 2.19. The quantitative estimate of drug-likeness (QED) is 0.874. The molecule has 7 nitrogen and oxygen atoms in total. The van der Waals surface area contributed by atoms with E-state index in [9.17, 15) is 9.90 Å². The Bertz CT molecular complexity index is 573. The van der Waals surface area contributed by atoms with Gasteiger partial charge in [0.25, 0.3) is 0 Å². The SMILES string of the molecule is CN(CC(C)(C)O)C(=O)Cn1nnc(-c2cccs2)n1. The predicted octanol–water partition coefficient (Wildman–Crippen LogP) is 0.631. The zero-order valence-corrected chi connectivity index (χ0v) is 12.5. The fraction of sp³-hybridized carbons (Fsp3) is 0.500. The zero-order chi connectivity index (χ0) is 14.8. The minimum atomic E-state index is -0.928. The van der Waals surface area contributed by atoms with Crippen LogP contribution in [0.4, 0.5) is 0 Å². The number of rotatable bonds is 5.